The number of anilines is 1. The first kappa shape index (κ1) is 21.7. The van der Waals surface area contributed by atoms with Gasteiger partial charge < -0.3 is 10.2 Å². The Morgan fingerprint density at radius 1 is 1.12 bits per heavy atom. The summed E-state index contributed by atoms with van der Waals surface area (Å²) in [6, 6.07) is 13.2. The standard InChI is InChI=1S/C23H21FN4O3S2/c24-17-7-5-15(6-8-17)13-18-14-25-23(32-18)26-22(29)16-9-11-28(12-10-16)21-19-3-1-2-4-20(19)33(30,31)27-21/h1-8,14,16H,9-13H2,(H,25,26,29). The maximum Gasteiger partial charge on any atom is 0.285 e. The van der Waals surface area contributed by atoms with Crippen molar-refractivity contribution in [2.75, 3.05) is 18.4 Å². The minimum Gasteiger partial charge on any atom is -0.355 e. The second kappa shape index (κ2) is 8.68. The summed E-state index contributed by atoms with van der Waals surface area (Å²) in [4.78, 5) is 20.2. The quantitative estimate of drug-likeness (QED) is 0.610. The summed E-state index contributed by atoms with van der Waals surface area (Å²) in [5, 5.41) is 3.45. The van der Waals surface area contributed by atoms with Gasteiger partial charge in [0.15, 0.2) is 11.0 Å². The molecule has 0 spiro atoms. The molecule has 1 saturated heterocycles. The predicted molar refractivity (Wildman–Crippen MR) is 124 cm³/mol. The number of amidine groups is 1. The van der Waals surface area contributed by atoms with E-state index in [-0.39, 0.29) is 22.5 Å². The molecule has 2 aromatic carbocycles. The van der Waals surface area contributed by atoms with Crippen molar-refractivity contribution in [3.8, 4) is 0 Å². The van der Waals surface area contributed by atoms with Crippen molar-refractivity contribution in [3.63, 3.8) is 0 Å². The van der Waals surface area contributed by atoms with Crippen LogP contribution in [-0.4, -0.2) is 43.1 Å². The number of rotatable bonds is 4. The summed E-state index contributed by atoms with van der Waals surface area (Å²) in [6.45, 7) is 1.10. The summed E-state index contributed by atoms with van der Waals surface area (Å²) in [5.74, 6) is -0.0685. The normalized spacial score (nSPS) is 17.5. The molecule has 10 heteroatoms. The van der Waals surface area contributed by atoms with Crippen LogP contribution in [0.2, 0.25) is 0 Å². The molecule has 33 heavy (non-hydrogen) atoms. The van der Waals surface area contributed by atoms with Gasteiger partial charge in [-0.05, 0) is 42.7 Å². The van der Waals surface area contributed by atoms with E-state index in [9.17, 15) is 17.6 Å². The second-order valence-electron chi connectivity index (χ2n) is 8.07. The molecule has 1 N–H and O–H groups in total. The number of likely N-dealkylation sites (tertiary alicyclic amines) is 1. The first-order chi connectivity index (χ1) is 15.9. The fourth-order valence-electron chi connectivity index (χ4n) is 4.13. The fraction of sp³-hybridized carbons (Fsp3) is 0.261. The Labute approximate surface area is 195 Å². The maximum atomic E-state index is 13.1. The Morgan fingerprint density at radius 3 is 2.61 bits per heavy atom. The number of nitrogens with zero attached hydrogens (tertiary/aromatic N) is 3. The molecular formula is C23H21FN4O3S2. The number of piperidine rings is 1. The lowest BCUT2D eigenvalue weighted by molar-refractivity contribution is -0.120. The number of benzene rings is 2. The molecule has 0 unspecified atom stereocenters. The lowest BCUT2D eigenvalue weighted by atomic mass is 9.95. The largest absolute Gasteiger partial charge is 0.355 e. The van der Waals surface area contributed by atoms with Crippen LogP contribution < -0.4 is 5.32 Å². The molecule has 5 rings (SSSR count). The molecule has 0 radical (unpaired) electrons. The highest BCUT2D eigenvalue weighted by atomic mass is 32.2. The number of carbonyl (C=O) groups is 1. The highest BCUT2D eigenvalue weighted by Crippen LogP contribution is 2.30. The first-order valence-corrected chi connectivity index (χ1v) is 12.8. The van der Waals surface area contributed by atoms with E-state index in [0.717, 1.165) is 10.4 Å². The Bertz CT molecular complexity index is 1330. The van der Waals surface area contributed by atoms with Crippen LogP contribution in [0.25, 0.3) is 0 Å². The van der Waals surface area contributed by atoms with Gasteiger partial charge in [0.25, 0.3) is 10.0 Å². The van der Waals surface area contributed by atoms with Gasteiger partial charge in [0.1, 0.15) is 10.7 Å². The van der Waals surface area contributed by atoms with Crippen LogP contribution in [0.4, 0.5) is 9.52 Å². The van der Waals surface area contributed by atoms with E-state index in [0.29, 0.717) is 48.9 Å². The molecule has 2 aliphatic heterocycles. The minimum atomic E-state index is -3.66. The lowest BCUT2D eigenvalue weighted by Crippen LogP contribution is -2.41. The topological polar surface area (TPSA) is 91.7 Å². The van der Waals surface area contributed by atoms with E-state index in [1.165, 1.54) is 23.5 Å². The van der Waals surface area contributed by atoms with Gasteiger partial charge in [0, 0.05) is 42.1 Å². The molecule has 0 aliphatic carbocycles. The SMILES string of the molecule is O=C(Nc1ncc(Cc2ccc(F)cc2)s1)C1CCN(C2=NS(=O)(=O)c3ccccc32)CC1. The summed E-state index contributed by atoms with van der Waals surface area (Å²) in [7, 11) is -3.66. The van der Waals surface area contributed by atoms with Gasteiger partial charge in [-0.2, -0.15) is 8.42 Å². The van der Waals surface area contributed by atoms with Gasteiger partial charge in [-0.25, -0.2) is 9.37 Å². The van der Waals surface area contributed by atoms with Crippen molar-refractivity contribution in [2.24, 2.45) is 10.3 Å². The van der Waals surface area contributed by atoms with Crippen LogP contribution >= 0.6 is 11.3 Å². The van der Waals surface area contributed by atoms with Crippen molar-refractivity contribution in [3.05, 3.63) is 76.5 Å². The molecular weight excluding hydrogens is 463 g/mol. The number of aromatic nitrogens is 1. The summed E-state index contributed by atoms with van der Waals surface area (Å²) in [6.07, 6.45) is 3.54. The number of hydrogen-bond acceptors (Lipinski definition) is 6. The Balaban J connectivity index is 1.18. The monoisotopic (exact) mass is 484 g/mol. The highest BCUT2D eigenvalue weighted by Gasteiger charge is 2.34. The molecule has 1 aromatic heterocycles. The van der Waals surface area contributed by atoms with Crippen LogP contribution in [0, 0.1) is 11.7 Å². The Morgan fingerprint density at radius 2 is 1.85 bits per heavy atom. The number of sulfonamides is 1. The summed E-state index contributed by atoms with van der Waals surface area (Å²) in [5.41, 5.74) is 1.60. The van der Waals surface area contributed by atoms with Crippen molar-refractivity contribution < 1.29 is 17.6 Å². The first-order valence-electron chi connectivity index (χ1n) is 10.6. The molecule has 0 saturated carbocycles. The van der Waals surface area contributed by atoms with Crippen LogP contribution in [0.5, 0.6) is 0 Å². The van der Waals surface area contributed by atoms with E-state index >= 15 is 0 Å². The van der Waals surface area contributed by atoms with Crippen LogP contribution in [0.3, 0.4) is 0 Å². The zero-order chi connectivity index (χ0) is 23.0. The van der Waals surface area contributed by atoms with Gasteiger partial charge in [0.2, 0.25) is 5.91 Å². The van der Waals surface area contributed by atoms with Gasteiger partial charge in [-0.1, -0.05) is 24.3 Å². The summed E-state index contributed by atoms with van der Waals surface area (Å²) >= 11 is 1.40. The average Bonchev–Trinajstić information content (AvgIpc) is 3.37. The van der Waals surface area contributed by atoms with Crippen molar-refractivity contribution in [1.29, 1.82) is 0 Å². The third kappa shape index (κ3) is 4.53. The average molecular weight is 485 g/mol. The molecule has 170 valence electrons. The zero-order valence-electron chi connectivity index (χ0n) is 17.6. The smallest absolute Gasteiger partial charge is 0.285 e. The molecule has 3 aromatic rings. The van der Waals surface area contributed by atoms with Crippen molar-refractivity contribution >= 4 is 38.2 Å². The predicted octanol–water partition coefficient (Wildman–Crippen LogP) is 3.67. The molecule has 0 bridgehead atoms. The third-order valence-corrected chi connectivity index (χ3v) is 8.09. The minimum absolute atomic E-state index is 0.0845. The van der Waals surface area contributed by atoms with E-state index in [1.807, 2.05) is 4.90 Å². The molecule has 7 nitrogen and oxygen atoms in total. The number of fused-ring (bicyclic) bond motifs is 1. The van der Waals surface area contributed by atoms with E-state index in [1.54, 1.807) is 42.6 Å². The molecule has 1 fully saturated rings. The number of halogens is 1. The Hall–Kier alpha value is -3.11. The fourth-order valence-corrected chi connectivity index (χ4v) is 6.21. The number of nitrogens with one attached hydrogen (secondary N) is 1. The summed E-state index contributed by atoms with van der Waals surface area (Å²) < 4.78 is 41.7. The van der Waals surface area contributed by atoms with E-state index in [4.69, 9.17) is 0 Å². The zero-order valence-corrected chi connectivity index (χ0v) is 19.2. The number of hydrogen-bond donors (Lipinski definition) is 1. The Kier molecular flexibility index (Phi) is 5.71. The molecule has 2 aliphatic rings. The van der Waals surface area contributed by atoms with Crippen LogP contribution in [0.15, 0.2) is 64.0 Å². The van der Waals surface area contributed by atoms with Gasteiger partial charge >= 0.3 is 0 Å². The second-order valence-corrected chi connectivity index (χ2v) is 10.8. The van der Waals surface area contributed by atoms with Crippen molar-refractivity contribution in [2.45, 2.75) is 24.2 Å². The third-order valence-electron chi connectivity index (χ3n) is 5.85. The lowest BCUT2D eigenvalue weighted by Gasteiger charge is -2.32. The molecule has 3 heterocycles. The van der Waals surface area contributed by atoms with Gasteiger partial charge in [-0.3, -0.25) is 4.79 Å². The van der Waals surface area contributed by atoms with Gasteiger partial charge in [0.05, 0.1) is 0 Å². The van der Waals surface area contributed by atoms with E-state index < -0.39 is 10.0 Å². The molecule has 0 atom stereocenters. The van der Waals surface area contributed by atoms with E-state index in [2.05, 4.69) is 14.7 Å². The molecule has 1 amide bonds. The van der Waals surface area contributed by atoms with Crippen molar-refractivity contribution in [1.82, 2.24) is 9.88 Å². The number of carbonyl (C=O) groups excluding carboxylic acids is 1. The maximum absolute atomic E-state index is 13.1. The highest BCUT2D eigenvalue weighted by molar-refractivity contribution is 7.90. The van der Waals surface area contributed by atoms with Crippen LogP contribution in [-0.2, 0) is 21.2 Å². The number of thiazole rings is 1. The number of amides is 1. The van der Waals surface area contributed by atoms with Gasteiger partial charge in [-0.15, -0.1) is 15.7 Å². The van der Waals surface area contributed by atoms with Crippen LogP contribution in [0.1, 0.15) is 28.8 Å².